The average molecular weight is 459 g/mol. The van der Waals surface area contributed by atoms with Crippen LogP contribution in [0.15, 0.2) is 66.4 Å². The lowest BCUT2D eigenvalue weighted by Gasteiger charge is -2.36. The van der Waals surface area contributed by atoms with Crippen LogP contribution < -0.4 is 4.74 Å². The van der Waals surface area contributed by atoms with Crippen LogP contribution in [-0.2, 0) is 22.4 Å². The highest BCUT2D eigenvalue weighted by Gasteiger charge is 2.37. The molecule has 0 unspecified atom stereocenters. The van der Waals surface area contributed by atoms with Crippen molar-refractivity contribution < 1.29 is 13.9 Å². The van der Waals surface area contributed by atoms with Crippen LogP contribution in [0.5, 0.6) is 5.75 Å². The van der Waals surface area contributed by atoms with Crippen molar-refractivity contribution in [1.29, 1.82) is 0 Å². The summed E-state index contributed by atoms with van der Waals surface area (Å²) < 4.78 is 19.0. The van der Waals surface area contributed by atoms with Gasteiger partial charge in [0.1, 0.15) is 18.0 Å². The van der Waals surface area contributed by atoms with Crippen LogP contribution in [0.25, 0.3) is 0 Å². The lowest BCUT2D eigenvalue weighted by Crippen LogP contribution is -2.40. The third-order valence-corrected chi connectivity index (χ3v) is 11.2. The van der Waals surface area contributed by atoms with Crippen molar-refractivity contribution in [1.82, 2.24) is 0 Å². The molecule has 2 aromatic rings. The fraction of sp³-hybridized carbons (Fsp3) is 0.462. The lowest BCUT2D eigenvalue weighted by molar-refractivity contribution is -0.0789. The number of hydrogen-bond acceptors (Lipinski definition) is 4. The van der Waals surface area contributed by atoms with Crippen LogP contribution in [0.1, 0.15) is 44.7 Å². The first-order valence-corrected chi connectivity index (χ1v) is 14.7. The van der Waals surface area contributed by atoms with E-state index >= 15 is 0 Å². The number of ether oxygens (including phenoxy) is 2. The minimum atomic E-state index is -1.79. The van der Waals surface area contributed by atoms with Crippen LogP contribution in [0.3, 0.4) is 0 Å². The number of rotatable bonds is 13. The normalized spacial score (nSPS) is 12.5. The molecule has 0 bridgehead atoms. The van der Waals surface area contributed by atoms with Gasteiger partial charge < -0.3 is 13.9 Å². The van der Waals surface area contributed by atoms with E-state index in [2.05, 4.69) is 76.0 Å². The monoisotopic (exact) mass is 458 g/mol. The first-order chi connectivity index (χ1) is 14.6. The van der Waals surface area contributed by atoms with Crippen LogP contribution in [0, 0.1) is 0 Å². The molecule has 5 heteroatoms. The Labute approximate surface area is 193 Å². The molecule has 0 saturated carbocycles. The molecule has 0 spiro atoms. The van der Waals surface area contributed by atoms with E-state index in [1.165, 1.54) is 5.56 Å². The molecular weight excluding hydrogens is 420 g/mol. The first kappa shape index (κ1) is 25.6. The molecule has 0 radical (unpaired) electrons. The molecule has 0 aliphatic carbocycles. The van der Waals surface area contributed by atoms with Gasteiger partial charge in [-0.2, -0.15) is 11.3 Å². The van der Waals surface area contributed by atoms with E-state index in [-0.39, 0.29) is 5.04 Å². The van der Waals surface area contributed by atoms with Gasteiger partial charge in [-0.05, 0) is 71.1 Å². The van der Waals surface area contributed by atoms with Crippen molar-refractivity contribution in [2.75, 3.05) is 6.61 Å². The molecule has 0 atom stereocenters. The molecule has 31 heavy (non-hydrogen) atoms. The number of hydrogen-bond donors (Lipinski definition) is 0. The van der Waals surface area contributed by atoms with Gasteiger partial charge in [-0.1, -0.05) is 45.1 Å². The fourth-order valence-electron chi connectivity index (χ4n) is 2.92. The second-order valence-corrected chi connectivity index (χ2v) is 15.2. The van der Waals surface area contributed by atoms with E-state index in [1.807, 2.05) is 24.3 Å². The summed E-state index contributed by atoms with van der Waals surface area (Å²) in [6, 6.07) is 10.3. The van der Waals surface area contributed by atoms with E-state index in [0.717, 1.165) is 11.3 Å². The number of thiophene rings is 1. The summed E-state index contributed by atoms with van der Waals surface area (Å²) in [6.07, 6.45) is 5.17. The SMILES string of the molecule is C=CCC(CC=C)(COc1cccc(CO[Si](C)(C)C(C)(C)C)c1)OCc1ccsc1. The van der Waals surface area contributed by atoms with E-state index in [1.54, 1.807) is 11.3 Å². The average Bonchev–Trinajstić information content (AvgIpc) is 3.23. The Morgan fingerprint density at radius 1 is 1.00 bits per heavy atom. The minimum Gasteiger partial charge on any atom is -0.491 e. The zero-order valence-electron chi connectivity index (χ0n) is 19.8. The smallest absolute Gasteiger partial charge is 0.192 e. The molecule has 1 aromatic carbocycles. The van der Waals surface area contributed by atoms with E-state index in [9.17, 15) is 0 Å². The summed E-state index contributed by atoms with van der Waals surface area (Å²) in [5, 5.41) is 4.37. The van der Waals surface area contributed by atoms with Crippen LogP contribution in [0.4, 0.5) is 0 Å². The van der Waals surface area contributed by atoms with Crippen molar-refractivity contribution in [2.24, 2.45) is 0 Å². The molecule has 3 nitrogen and oxygen atoms in total. The van der Waals surface area contributed by atoms with Crippen LogP contribution in [-0.4, -0.2) is 20.5 Å². The second-order valence-electron chi connectivity index (χ2n) is 9.57. The highest BCUT2D eigenvalue weighted by atomic mass is 32.1. The summed E-state index contributed by atoms with van der Waals surface area (Å²) in [4.78, 5) is 0. The third-order valence-electron chi connectivity index (χ3n) is 5.96. The molecule has 2 rings (SSSR count). The van der Waals surface area contributed by atoms with Crippen LogP contribution in [0.2, 0.25) is 18.1 Å². The van der Waals surface area contributed by atoms with Gasteiger partial charge in [0.25, 0.3) is 0 Å². The Morgan fingerprint density at radius 2 is 1.71 bits per heavy atom. The predicted octanol–water partition coefficient (Wildman–Crippen LogP) is 7.76. The molecule has 0 aliphatic heterocycles. The molecule has 170 valence electrons. The van der Waals surface area contributed by atoms with E-state index in [0.29, 0.717) is 32.7 Å². The third kappa shape index (κ3) is 7.76. The van der Waals surface area contributed by atoms with Crippen molar-refractivity contribution in [3.05, 3.63) is 77.5 Å². The van der Waals surface area contributed by atoms with Crippen molar-refractivity contribution >= 4 is 19.7 Å². The van der Waals surface area contributed by atoms with E-state index in [4.69, 9.17) is 13.9 Å². The predicted molar refractivity (Wildman–Crippen MR) is 135 cm³/mol. The fourth-order valence-corrected chi connectivity index (χ4v) is 4.53. The first-order valence-electron chi connectivity index (χ1n) is 10.8. The highest BCUT2D eigenvalue weighted by molar-refractivity contribution is 7.07. The van der Waals surface area contributed by atoms with Gasteiger partial charge in [-0.25, -0.2) is 0 Å². The van der Waals surface area contributed by atoms with Crippen molar-refractivity contribution in [2.45, 2.75) is 70.6 Å². The van der Waals surface area contributed by atoms with Gasteiger partial charge in [0, 0.05) is 0 Å². The summed E-state index contributed by atoms with van der Waals surface area (Å²) in [5.41, 5.74) is 1.81. The molecular formula is C26H38O3SSi. The molecule has 1 aromatic heterocycles. The highest BCUT2D eigenvalue weighted by Crippen LogP contribution is 2.37. The largest absolute Gasteiger partial charge is 0.491 e. The molecule has 1 heterocycles. The zero-order chi connectivity index (χ0) is 23.0. The summed E-state index contributed by atoms with van der Waals surface area (Å²) in [7, 11) is -1.79. The van der Waals surface area contributed by atoms with Crippen molar-refractivity contribution in [3.63, 3.8) is 0 Å². The molecule has 0 N–H and O–H groups in total. The molecule has 0 saturated heterocycles. The van der Waals surface area contributed by atoms with Gasteiger partial charge in [-0.15, -0.1) is 13.2 Å². The van der Waals surface area contributed by atoms with Gasteiger partial charge in [0.05, 0.1) is 13.2 Å². The zero-order valence-corrected chi connectivity index (χ0v) is 21.6. The Balaban J connectivity index is 2.05. The Kier molecular flexibility index (Phi) is 9.31. The maximum Gasteiger partial charge on any atom is 0.192 e. The quantitative estimate of drug-likeness (QED) is 0.227. The number of benzene rings is 1. The summed E-state index contributed by atoms with van der Waals surface area (Å²) >= 11 is 1.68. The molecule has 0 fully saturated rings. The Hall–Kier alpha value is -1.66. The standard InChI is InChI=1S/C26H38O3SSi/c1-8-14-26(15-9-2,28-18-23-13-16-30-20-23)21-27-24-12-10-11-22(17-24)19-29-31(6,7)25(3,4)5/h8-13,16-17,20H,1-2,14-15,18-19,21H2,3-7H3. The topological polar surface area (TPSA) is 27.7 Å². The Morgan fingerprint density at radius 3 is 2.29 bits per heavy atom. The summed E-state index contributed by atoms with van der Waals surface area (Å²) in [5.74, 6) is 0.827. The van der Waals surface area contributed by atoms with Crippen LogP contribution >= 0.6 is 11.3 Å². The maximum atomic E-state index is 6.37. The van der Waals surface area contributed by atoms with Crippen molar-refractivity contribution in [3.8, 4) is 5.75 Å². The van der Waals surface area contributed by atoms with Gasteiger partial charge >= 0.3 is 0 Å². The molecule has 0 amide bonds. The minimum absolute atomic E-state index is 0.190. The maximum absolute atomic E-state index is 6.37. The molecule has 0 aliphatic rings. The lowest BCUT2D eigenvalue weighted by atomic mass is 9.96. The van der Waals surface area contributed by atoms with Gasteiger partial charge in [0.2, 0.25) is 0 Å². The van der Waals surface area contributed by atoms with Gasteiger partial charge in [0.15, 0.2) is 8.32 Å². The summed E-state index contributed by atoms with van der Waals surface area (Å²) in [6.45, 7) is 20.8. The Bertz CT molecular complexity index is 811. The van der Waals surface area contributed by atoms with Gasteiger partial charge in [-0.3, -0.25) is 0 Å². The van der Waals surface area contributed by atoms with E-state index < -0.39 is 13.9 Å². The second kappa shape index (κ2) is 11.3.